The van der Waals surface area contributed by atoms with Gasteiger partial charge in [-0.1, -0.05) is 66.1 Å². The largest absolute Gasteiger partial charge is 0.507 e. The maximum Gasteiger partial charge on any atom is 0.341 e. The van der Waals surface area contributed by atoms with Gasteiger partial charge in [0.2, 0.25) is 0 Å². The average molecular weight is 503 g/mol. The number of ether oxygens (including phenoxy) is 2. The average Bonchev–Trinajstić information content (AvgIpc) is 2.96. The van der Waals surface area contributed by atoms with E-state index in [4.69, 9.17) is 9.47 Å². The summed E-state index contributed by atoms with van der Waals surface area (Å²) >= 11 is 0. The Morgan fingerprint density at radius 3 is 1.74 bits per heavy atom. The second kappa shape index (κ2) is 11.5. The summed E-state index contributed by atoms with van der Waals surface area (Å²) < 4.78 is 9.45. The van der Waals surface area contributed by atoms with Gasteiger partial charge in [0, 0.05) is 22.3 Å². The third-order valence-electron chi connectivity index (χ3n) is 5.63. The zero-order valence-corrected chi connectivity index (χ0v) is 20.6. The molecule has 0 radical (unpaired) electrons. The van der Waals surface area contributed by atoms with E-state index in [1.54, 1.807) is 12.1 Å². The lowest BCUT2D eigenvalue weighted by Gasteiger charge is -2.08. The van der Waals surface area contributed by atoms with Gasteiger partial charge in [-0.25, -0.2) is 9.59 Å². The van der Waals surface area contributed by atoms with Crippen LogP contribution in [0.2, 0.25) is 0 Å². The van der Waals surface area contributed by atoms with Gasteiger partial charge in [-0.2, -0.15) is 0 Å². The number of rotatable bonds is 3. The van der Waals surface area contributed by atoms with Crippen LogP contribution in [0.1, 0.15) is 43.0 Å². The van der Waals surface area contributed by atoms with Crippen molar-refractivity contribution in [2.24, 2.45) is 0 Å². The lowest BCUT2D eigenvalue weighted by Crippen LogP contribution is -2.01. The van der Waals surface area contributed by atoms with E-state index >= 15 is 0 Å². The van der Waals surface area contributed by atoms with Gasteiger partial charge in [0.15, 0.2) is 0 Å². The number of carbonyl (C=O) groups excluding carboxylic acids is 2. The molecule has 0 aliphatic heterocycles. The molecule has 0 amide bonds. The number of methoxy groups -OCH3 is 2. The summed E-state index contributed by atoms with van der Waals surface area (Å²) in [6.07, 6.45) is 0. The molecule has 4 aromatic carbocycles. The first-order valence-electron chi connectivity index (χ1n) is 11.5. The van der Waals surface area contributed by atoms with Gasteiger partial charge in [0.25, 0.3) is 0 Å². The molecular weight excluding hydrogens is 480 g/mol. The SMILES string of the molecule is COC(=O)c1cc(C#Cc2cccc(-c3ccccc3)c2C#Cc2ccc(O)c(C(=O)OC)c2)ccc1O. The molecule has 0 aliphatic carbocycles. The molecule has 0 aliphatic rings. The summed E-state index contributed by atoms with van der Waals surface area (Å²) in [5.74, 6) is 10.7. The Kier molecular flexibility index (Phi) is 7.77. The van der Waals surface area contributed by atoms with E-state index in [-0.39, 0.29) is 22.6 Å². The zero-order chi connectivity index (χ0) is 27.1. The fraction of sp³-hybridized carbons (Fsp3) is 0.0625. The molecule has 6 nitrogen and oxygen atoms in total. The Morgan fingerprint density at radius 2 is 1.18 bits per heavy atom. The van der Waals surface area contributed by atoms with E-state index in [0.717, 1.165) is 11.1 Å². The van der Waals surface area contributed by atoms with Crippen LogP contribution >= 0.6 is 0 Å². The minimum absolute atomic E-state index is 0.0180. The molecule has 4 aromatic rings. The summed E-state index contributed by atoms with van der Waals surface area (Å²) in [4.78, 5) is 23.9. The number of hydrogen-bond donors (Lipinski definition) is 2. The van der Waals surface area contributed by atoms with Crippen LogP contribution in [0.25, 0.3) is 11.1 Å². The van der Waals surface area contributed by atoms with Crippen molar-refractivity contribution in [3.05, 3.63) is 118 Å². The Hall–Kier alpha value is -5.46. The molecule has 0 spiro atoms. The van der Waals surface area contributed by atoms with Gasteiger partial charge >= 0.3 is 11.9 Å². The first-order chi connectivity index (χ1) is 18.4. The second-order valence-electron chi connectivity index (χ2n) is 8.04. The smallest absolute Gasteiger partial charge is 0.341 e. The third kappa shape index (κ3) is 5.67. The van der Waals surface area contributed by atoms with Gasteiger partial charge in [0.05, 0.1) is 14.2 Å². The van der Waals surface area contributed by atoms with Crippen LogP contribution in [-0.2, 0) is 9.47 Å². The van der Waals surface area contributed by atoms with Crippen LogP contribution in [0.5, 0.6) is 11.5 Å². The third-order valence-corrected chi connectivity index (χ3v) is 5.63. The van der Waals surface area contributed by atoms with E-state index in [2.05, 4.69) is 23.7 Å². The summed E-state index contributed by atoms with van der Waals surface area (Å²) in [5, 5.41) is 20.0. The van der Waals surface area contributed by atoms with Gasteiger partial charge in [-0.05, 0) is 53.6 Å². The quantitative estimate of drug-likeness (QED) is 0.298. The highest BCUT2D eigenvalue weighted by Crippen LogP contribution is 2.26. The number of benzene rings is 4. The summed E-state index contributed by atoms with van der Waals surface area (Å²) in [6.45, 7) is 0. The molecule has 0 saturated heterocycles. The van der Waals surface area contributed by atoms with Gasteiger partial charge in [-0.3, -0.25) is 0 Å². The fourth-order valence-corrected chi connectivity index (χ4v) is 3.70. The van der Waals surface area contributed by atoms with Crippen LogP contribution in [0.15, 0.2) is 84.9 Å². The molecule has 0 bridgehead atoms. The molecule has 6 heteroatoms. The molecular formula is C32H22O6. The van der Waals surface area contributed by atoms with Gasteiger partial charge in [0.1, 0.15) is 22.6 Å². The van der Waals surface area contributed by atoms with Gasteiger partial charge < -0.3 is 19.7 Å². The van der Waals surface area contributed by atoms with Crippen molar-refractivity contribution < 1.29 is 29.3 Å². The monoisotopic (exact) mass is 502 g/mol. The molecule has 0 saturated carbocycles. The number of hydrogen-bond acceptors (Lipinski definition) is 6. The minimum atomic E-state index is -0.664. The molecule has 38 heavy (non-hydrogen) atoms. The van der Waals surface area contributed by atoms with E-state index in [9.17, 15) is 19.8 Å². The van der Waals surface area contributed by atoms with Crippen molar-refractivity contribution in [1.82, 2.24) is 0 Å². The molecule has 4 rings (SSSR count). The first-order valence-corrected chi connectivity index (χ1v) is 11.5. The lowest BCUT2D eigenvalue weighted by atomic mass is 9.95. The Labute approximate surface area is 220 Å². The molecule has 0 heterocycles. The molecule has 186 valence electrons. The zero-order valence-electron chi connectivity index (χ0n) is 20.6. The summed E-state index contributed by atoms with van der Waals surface area (Å²) in [6, 6.07) is 24.3. The number of carbonyl (C=O) groups is 2. The maximum atomic E-state index is 12.0. The highest BCUT2D eigenvalue weighted by atomic mass is 16.5. The van der Waals surface area contributed by atoms with E-state index < -0.39 is 11.9 Å². The predicted octanol–water partition coefficient (Wildman–Crippen LogP) is 5.14. The van der Waals surface area contributed by atoms with Gasteiger partial charge in [-0.15, -0.1) is 0 Å². The van der Waals surface area contributed by atoms with Crippen LogP contribution < -0.4 is 0 Å². The first kappa shape index (κ1) is 25.6. The second-order valence-corrected chi connectivity index (χ2v) is 8.04. The van der Waals surface area contributed by atoms with Crippen LogP contribution in [0, 0.1) is 23.7 Å². The van der Waals surface area contributed by atoms with E-state index in [1.807, 2.05) is 48.5 Å². The summed E-state index contributed by atoms with van der Waals surface area (Å²) in [7, 11) is 2.48. The van der Waals surface area contributed by atoms with Crippen molar-refractivity contribution in [2.75, 3.05) is 14.2 Å². The van der Waals surface area contributed by atoms with Crippen molar-refractivity contribution in [2.45, 2.75) is 0 Å². The molecule has 0 fully saturated rings. The highest BCUT2D eigenvalue weighted by Gasteiger charge is 2.13. The van der Waals surface area contributed by atoms with Crippen molar-refractivity contribution >= 4 is 11.9 Å². The topological polar surface area (TPSA) is 93.1 Å². The van der Waals surface area contributed by atoms with Crippen LogP contribution in [-0.4, -0.2) is 36.4 Å². The Morgan fingerprint density at radius 1 is 0.632 bits per heavy atom. The van der Waals surface area contributed by atoms with Crippen molar-refractivity contribution in [3.63, 3.8) is 0 Å². The number of phenols is 2. The van der Waals surface area contributed by atoms with E-state index in [0.29, 0.717) is 22.3 Å². The maximum absolute atomic E-state index is 12.0. The van der Waals surface area contributed by atoms with Crippen molar-refractivity contribution in [3.8, 4) is 46.3 Å². The Bertz CT molecular complexity index is 1650. The molecule has 0 aromatic heterocycles. The molecule has 0 unspecified atom stereocenters. The van der Waals surface area contributed by atoms with E-state index in [1.165, 1.54) is 38.5 Å². The minimum Gasteiger partial charge on any atom is -0.507 e. The molecule has 0 atom stereocenters. The lowest BCUT2D eigenvalue weighted by molar-refractivity contribution is 0.0588. The highest BCUT2D eigenvalue weighted by molar-refractivity contribution is 5.93. The van der Waals surface area contributed by atoms with Crippen molar-refractivity contribution in [1.29, 1.82) is 0 Å². The van der Waals surface area contributed by atoms with Crippen LogP contribution in [0.3, 0.4) is 0 Å². The van der Waals surface area contributed by atoms with Crippen LogP contribution in [0.4, 0.5) is 0 Å². The standard InChI is InChI=1S/C32H22O6/c1-37-31(35)27-19-21(13-17-29(27)33)11-15-24-9-6-10-25(23-7-4-3-5-8-23)26(24)16-12-22-14-18-30(34)28(20-22)32(36)38-2/h3-10,13-14,17-20,33-34H,1-2H3. The number of esters is 2. The Balaban J connectivity index is 1.83. The number of aromatic hydroxyl groups is 2. The predicted molar refractivity (Wildman–Crippen MR) is 143 cm³/mol. The normalized spacial score (nSPS) is 9.84. The summed E-state index contributed by atoms with van der Waals surface area (Å²) in [5.41, 5.74) is 4.15. The fourth-order valence-electron chi connectivity index (χ4n) is 3.70. The molecule has 2 N–H and O–H groups in total. The number of phenolic OH excluding ortho intramolecular Hbond substituents is 2.